The van der Waals surface area contributed by atoms with Gasteiger partial charge >= 0.3 is 0 Å². The fourth-order valence-corrected chi connectivity index (χ4v) is 4.12. The highest BCUT2D eigenvalue weighted by molar-refractivity contribution is 6.42. The maximum atomic E-state index is 12.7. The van der Waals surface area contributed by atoms with E-state index in [1.54, 1.807) is 30.5 Å². The number of nitrogens with one attached hydrogen (secondary N) is 1. The van der Waals surface area contributed by atoms with Gasteiger partial charge in [0, 0.05) is 40.3 Å². The van der Waals surface area contributed by atoms with Gasteiger partial charge < -0.3 is 14.0 Å². The molecule has 34 heavy (non-hydrogen) atoms. The SMILES string of the molecule is COc1cc(OC)cc(C(=O)N/N=C\c2c(C)n(Cc3ccc(Cl)c(Cl)c3)c3ccccc23)c1. The summed E-state index contributed by atoms with van der Waals surface area (Å²) in [6.45, 7) is 2.64. The van der Waals surface area contributed by atoms with Crippen LogP contribution in [0.3, 0.4) is 0 Å². The van der Waals surface area contributed by atoms with Crippen molar-refractivity contribution in [3.63, 3.8) is 0 Å². The van der Waals surface area contributed by atoms with E-state index in [1.165, 1.54) is 14.2 Å². The number of carbonyl (C=O) groups excluding carboxylic acids is 1. The van der Waals surface area contributed by atoms with Crippen LogP contribution in [-0.4, -0.2) is 30.9 Å². The van der Waals surface area contributed by atoms with Crippen molar-refractivity contribution in [1.29, 1.82) is 0 Å². The number of nitrogens with zero attached hydrogens (tertiary/aromatic N) is 2. The fourth-order valence-electron chi connectivity index (χ4n) is 3.80. The van der Waals surface area contributed by atoms with Gasteiger partial charge in [-0.05, 0) is 42.8 Å². The lowest BCUT2D eigenvalue weighted by molar-refractivity contribution is 0.0954. The lowest BCUT2D eigenvalue weighted by Crippen LogP contribution is -2.17. The number of amides is 1. The molecule has 1 heterocycles. The molecule has 0 saturated heterocycles. The summed E-state index contributed by atoms with van der Waals surface area (Å²) in [6, 6.07) is 18.6. The van der Waals surface area contributed by atoms with Gasteiger partial charge in [0.05, 0.1) is 30.5 Å². The molecule has 0 unspecified atom stereocenters. The first-order valence-electron chi connectivity index (χ1n) is 10.5. The number of para-hydroxylation sites is 1. The van der Waals surface area contributed by atoms with E-state index in [-0.39, 0.29) is 5.91 Å². The second-order valence-corrected chi connectivity index (χ2v) is 8.47. The average molecular weight is 496 g/mol. The molecule has 0 aliphatic carbocycles. The molecule has 0 fully saturated rings. The van der Waals surface area contributed by atoms with Crippen LogP contribution in [0.2, 0.25) is 10.0 Å². The van der Waals surface area contributed by atoms with Gasteiger partial charge in [-0.15, -0.1) is 0 Å². The van der Waals surface area contributed by atoms with Crippen molar-refractivity contribution in [1.82, 2.24) is 9.99 Å². The Hall–Kier alpha value is -3.48. The van der Waals surface area contributed by atoms with Crippen LogP contribution in [0.25, 0.3) is 10.9 Å². The van der Waals surface area contributed by atoms with E-state index in [1.807, 2.05) is 37.3 Å². The minimum atomic E-state index is -0.370. The van der Waals surface area contributed by atoms with Crippen LogP contribution in [0.5, 0.6) is 11.5 Å². The van der Waals surface area contributed by atoms with Gasteiger partial charge in [0.1, 0.15) is 11.5 Å². The number of rotatable bonds is 7. The zero-order valence-electron chi connectivity index (χ0n) is 18.9. The molecule has 4 aromatic rings. The molecular weight excluding hydrogens is 473 g/mol. The molecule has 0 aliphatic heterocycles. The van der Waals surface area contributed by atoms with E-state index in [9.17, 15) is 4.79 Å². The molecule has 1 aromatic heterocycles. The Morgan fingerprint density at radius 3 is 2.38 bits per heavy atom. The maximum absolute atomic E-state index is 12.7. The van der Waals surface area contributed by atoms with Gasteiger partial charge in [-0.3, -0.25) is 4.79 Å². The number of methoxy groups -OCH3 is 2. The Morgan fingerprint density at radius 1 is 1.00 bits per heavy atom. The van der Waals surface area contributed by atoms with Crippen molar-refractivity contribution >= 4 is 46.2 Å². The third-order valence-electron chi connectivity index (χ3n) is 5.58. The summed E-state index contributed by atoms with van der Waals surface area (Å²) in [4.78, 5) is 12.7. The zero-order valence-corrected chi connectivity index (χ0v) is 20.4. The van der Waals surface area contributed by atoms with Crippen LogP contribution in [0.4, 0.5) is 0 Å². The van der Waals surface area contributed by atoms with E-state index >= 15 is 0 Å². The van der Waals surface area contributed by atoms with Crippen molar-refractivity contribution in [3.05, 3.63) is 93.1 Å². The highest BCUT2D eigenvalue weighted by atomic mass is 35.5. The standard InChI is InChI=1S/C26H23Cl2N3O3/c1-16-22(14-29-30-26(32)18-11-19(33-2)13-20(12-18)34-3)21-6-4-5-7-25(21)31(16)15-17-8-9-23(27)24(28)10-17/h4-14H,15H2,1-3H3,(H,30,32)/b29-14-. The van der Waals surface area contributed by atoms with Gasteiger partial charge in [0.15, 0.2) is 0 Å². The monoisotopic (exact) mass is 495 g/mol. The van der Waals surface area contributed by atoms with Gasteiger partial charge in [0.25, 0.3) is 5.91 Å². The number of ether oxygens (including phenoxy) is 2. The largest absolute Gasteiger partial charge is 0.497 e. The molecular formula is C26H23Cl2N3O3. The highest BCUT2D eigenvalue weighted by Gasteiger charge is 2.14. The predicted molar refractivity (Wildman–Crippen MR) is 137 cm³/mol. The molecule has 6 nitrogen and oxygen atoms in total. The number of fused-ring (bicyclic) bond motifs is 1. The summed E-state index contributed by atoms with van der Waals surface area (Å²) in [6.07, 6.45) is 1.66. The Morgan fingerprint density at radius 2 is 1.71 bits per heavy atom. The summed E-state index contributed by atoms with van der Waals surface area (Å²) in [5, 5.41) is 6.30. The first-order chi connectivity index (χ1) is 16.4. The lowest BCUT2D eigenvalue weighted by Gasteiger charge is -2.09. The summed E-state index contributed by atoms with van der Waals surface area (Å²) < 4.78 is 12.7. The molecule has 1 amide bonds. The first-order valence-corrected chi connectivity index (χ1v) is 11.2. The van der Waals surface area contributed by atoms with E-state index in [0.717, 1.165) is 27.7 Å². The number of hydrogen-bond acceptors (Lipinski definition) is 4. The van der Waals surface area contributed by atoms with Crippen LogP contribution >= 0.6 is 23.2 Å². The molecule has 4 rings (SSSR count). The third kappa shape index (κ3) is 4.88. The molecule has 0 bridgehead atoms. The minimum Gasteiger partial charge on any atom is -0.497 e. The summed E-state index contributed by atoms with van der Waals surface area (Å²) in [5.74, 6) is 0.676. The van der Waals surface area contributed by atoms with Gasteiger partial charge in [-0.2, -0.15) is 5.10 Å². The van der Waals surface area contributed by atoms with E-state index in [2.05, 4.69) is 21.2 Å². The fraction of sp³-hybridized carbons (Fsp3) is 0.154. The van der Waals surface area contributed by atoms with Crippen LogP contribution in [0.1, 0.15) is 27.2 Å². The molecule has 1 N–H and O–H groups in total. The molecule has 3 aromatic carbocycles. The molecule has 8 heteroatoms. The van der Waals surface area contributed by atoms with E-state index in [0.29, 0.717) is 33.7 Å². The van der Waals surface area contributed by atoms with E-state index < -0.39 is 0 Å². The van der Waals surface area contributed by atoms with Crippen LogP contribution in [-0.2, 0) is 6.54 Å². The summed E-state index contributed by atoms with van der Waals surface area (Å²) >= 11 is 12.3. The Bertz CT molecular complexity index is 1370. The van der Waals surface area contributed by atoms with Gasteiger partial charge in [0.2, 0.25) is 0 Å². The van der Waals surface area contributed by atoms with Crippen molar-refractivity contribution in [2.45, 2.75) is 13.5 Å². The molecule has 0 radical (unpaired) electrons. The van der Waals surface area contributed by atoms with Gasteiger partial charge in [-0.1, -0.05) is 47.5 Å². The molecule has 0 spiro atoms. The average Bonchev–Trinajstić information content (AvgIpc) is 3.11. The van der Waals surface area contributed by atoms with Gasteiger partial charge in [-0.25, -0.2) is 5.43 Å². The van der Waals surface area contributed by atoms with Crippen molar-refractivity contribution in [2.24, 2.45) is 5.10 Å². The van der Waals surface area contributed by atoms with E-state index in [4.69, 9.17) is 32.7 Å². The van der Waals surface area contributed by atoms with Crippen LogP contribution in [0.15, 0.2) is 65.8 Å². The zero-order chi connectivity index (χ0) is 24.2. The molecule has 0 atom stereocenters. The van der Waals surface area contributed by atoms with Crippen LogP contribution < -0.4 is 14.9 Å². The van der Waals surface area contributed by atoms with Crippen molar-refractivity contribution in [2.75, 3.05) is 14.2 Å². The topological polar surface area (TPSA) is 64.8 Å². The molecule has 174 valence electrons. The summed E-state index contributed by atoms with van der Waals surface area (Å²) in [7, 11) is 3.07. The molecule has 0 saturated carbocycles. The van der Waals surface area contributed by atoms with Crippen LogP contribution in [0, 0.1) is 6.92 Å². The molecule has 0 aliphatic rings. The predicted octanol–water partition coefficient (Wildman–Crippen LogP) is 6.09. The normalized spacial score (nSPS) is 11.2. The second-order valence-electron chi connectivity index (χ2n) is 7.65. The number of aromatic nitrogens is 1. The number of hydrazone groups is 1. The maximum Gasteiger partial charge on any atom is 0.271 e. The Balaban J connectivity index is 1.62. The Labute approximate surface area is 207 Å². The second kappa shape index (κ2) is 10.2. The number of carbonyl (C=O) groups is 1. The first kappa shape index (κ1) is 23.7. The smallest absolute Gasteiger partial charge is 0.271 e. The van der Waals surface area contributed by atoms with Crippen molar-refractivity contribution < 1.29 is 14.3 Å². The lowest BCUT2D eigenvalue weighted by atomic mass is 10.1. The quantitative estimate of drug-likeness (QED) is 0.249. The number of benzene rings is 3. The number of hydrogen-bond donors (Lipinski definition) is 1. The van der Waals surface area contributed by atoms with Crippen molar-refractivity contribution in [3.8, 4) is 11.5 Å². The Kier molecular flexibility index (Phi) is 7.10. The minimum absolute atomic E-state index is 0.370. The highest BCUT2D eigenvalue weighted by Crippen LogP contribution is 2.28. The summed E-state index contributed by atoms with van der Waals surface area (Å²) in [5.41, 5.74) is 6.98. The number of halogens is 2. The third-order valence-corrected chi connectivity index (χ3v) is 6.32.